The van der Waals surface area contributed by atoms with Gasteiger partial charge in [0.25, 0.3) is 5.91 Å². The molecule has 2 aliphatic rings. The Bertz CT molecular complexity index is 491. The Labute approximate surface area is 125 Å². The number of carbonyl (C=O) groups excluding carboxylic acids is 1. The summed E-state index contributed by atoms with van der Waals surface area (Å²) in [4.78, 5) is 16.8. The molecule has 1 aromatic heterocycles. The number of aryl methyl sites for hydroxylation is 1. The highest BCUT2D eigenvalue weighted by atomic mass is 32.1. The summed E-state index contributed by atoms with van der Waals surface area (Å²) in [5, 5.41) is 0. The molecule has 1 amide bonds. The van der Waals surface area contributed by atoms with E-state index in [1.165, 1.54) is 25.7 Å². The highest BCUT2D eigenvalue weighted by Gasteiger charge is 2.39. The van der Waals surface area contributed by atoms with Crippen LogP contribution in [0.2, 0.25) is 0 Å². The number of carbonyl (C=O) groups is 1. The fourth-order valence-corrected chi connectivity index (χ4v) is 4.81. The summed E-state index contributed by atoms with van der Waals surface area (Å²) in [6.07, 6.45) is 6.22. The number of nitrogens with two attached hydrogens (primary N) is 1. The second-order valence-corrected chi connectivity index (χ2v) is 7.66. The van der Waals surface area contributed by atoms with Crippen LogP contribution in [0.25, 0.3) is 0 Å². The van der Waals surface area contributed by atoms with Crippen LogP contribution >= 0.6 is 11.3 Å². The maximum atomic E-state index is 12.8. The number of nitrogen functional groups attached to an aromatic ring is 1. The molecule has 1 aliphatic heterocycles. The van der Waals surface area contributed by atoms with Crippen LogP contribution in [0, 0.1) is 18.8 Å². The third-order valence-electron chi connectivity index (χ3n) is 5.17. The third-order valence-corrected chi connectivity index (χ3v) is 6.22. The lowest BCUT2D eigenvalue weighted by Crippen LogP contribution is -2.52. The Kier molecular flexibility index (Phi) is 3.76. The minimum atomic E-state index is 0.207. The highest BCUT2D eigenvalue weighted by Crippen LogP contribution is 2.40. The predicted molar refractivity (Wildman–Crippen MR) is 84.0 cm³/mol. The van der Waals surface area contributed by atoms with E-state index in [4.69, 9.17) is 5.73 Å². The van der Waals surface area contributed by atoms with E-state index in [0.29, 0.717) is 12.0 Å². The number of fused-ring (bicyclic) bond motifs is 1. The van der Waals surface area contributed by atoms with Crippen molar-refractivity contribution in [3.05, 3.63) is 15.8 Å². The molecular weight excluding hydrogens is 268 g/mol. The topological polar surface area (TPSA) is 46.3 Å². The molecular formula is C16H24N2OS. The van der Waals surface area contributed by atoms with Crippen molar-refractivity contribution in [3.63, 3.8) is 0 Å². The van der Waals surface area contributed by atoms with E-state index in [2.05, 4.69) is 11.8 Å². The van der Waals surface area contributed by atoms with Gasteiger partial charge in [0.05, 0.1) is 4.88 Å². The molecule has 3 unspecified atom stereocenters. The van der Waals surface area contributed by atoms with Gasteiger partial charge in [-0.05, 0) is 44.1 Å². The van der Waals surface area contributed by atoms with Gasteiger partial charge in [0.15, 0.2) is 0 Å². The standard InChI is InChI=1S/C16H24N2OS/c1-10-7-8-18(14-6-4-3-5-12(10)14)16(19)15-9-13(17)11(2)20-15/h9-10,12,14H,3-8,17H2,1-2H3. The first-order valence-electron chi connectivity index (χ1n) is 7.75. The van der Waals surface area contributed by atoms with Crippen LogP contribution in [-0.4, -0.2) is 23.4 Å². The van der Waals surface area contributed by atoms with E-state index in [0.717, 1.165) is 34.3 Å². The van der Waals surface area contributed by atoms with Crippen molar-refractivity contribution in [2.45, 2.75) is 52.0 Å². The minimum Gasteiger partial charge on any atom is -0.398 e. The molecule has 1 saturated heterocycles. The third kappa shape index (κ3) is 2.34. The molecule has 2 heterocycles. The molecule has 3 rings (SSSR count). The average molecular weight is 292 g/mol. The van der Waals surface area contributed by atoms with Gasteiger partial charge in [-0.1, -0.05) is 19.8 Å². The molecule has 0 spiro atoms. The predicted octanol–water partition coefficient (Wildman–Crippen LogP) is 3.68. The van der Waals surface area contributed by atoms with Crippen molar-refractivity contribution in [3.8, 4) is 0 Å². The largest absolute Gasteiger partial charge is 0.398 e. The molecule has 1 saturated carbocycles. The van der Waals surface area contributed by atoms with Crippen molar-refractivity contribution < 1.29 is 4.79 Å². The maximum absolute atomic E-state index is 12.8. The van der Waals surface area contributed by atoms with Crippen molar-refractivity contribution in [2.75, 3.05) is 12.3 Å². The van der Waals surface area contributed by atoms with Gasteiger partial charge in [-0.3, -0.25) is 4.79 Å². The Morgan fingerprint density at radius 2 is 2.10 bits per heavy atom. The van der Waals surface area contributed by atoms with Crippen LogP contribution in [0.4, 0.5) is 5.69 Å². The molecule has 4 heteroatoms. The summed E-state index contributed by atoms with van der Waals surface area (Å²) in [5.41, 5.74) is 6.66. The van der Waals surface area contributed by atoms with E-state index in [1.807, 2.05) is 13.0 Å². The summed E-state index contributed by atoms with van der Waals surface area (Å²) < 4.78 is 0. The highest BCUT2D eigenvalue weighted by molar-refractivity contribution is 7.14. The van der Waals surface area contributed by atoms with Crippen molar-refractivity contribution >= 4 is 22.9 Å². The van der Waals surface area contributed by atoms with E-state index in [-0.39, 0.29) is 5.91 Å². The Hall–Kier alpha value is -1.03. The number of thiophene rings is 1. The van der Waals surface area contributed by atoms with E-state index >= 15 is 0 Å². The van der Waals surface area contributed by atoms with Crippen molar-refractivity contribution in [1.82, 2.24) is 4.90 Å². The van der Waals surface area contributed by atoms with Crippen molar-refractivity contribution in [1.29, 1.82) is 0 Å². The van der Waals surface area contributed by atoms with Gasteiger partial charge < -0.3 is 10.6 Å². The first-order chi connectivity index (χ1) is 9.58. The Morgan fingerprint density at radius 3 is 2.80 bits per heavy atom. The van der Waals surface area contributed by atoms with Crippen LogP contribution in [-0.2, 0) is 0 Å². The lowest BCUT2D eigenvalue weighted by molar-refractivity contribution is 0.0221. The molecule has 20 heavy (non-hydrogen) atoms. The smallest absolute Gasteiger partial charge is 0.264 e. The second kappa shape index (κ2) is 5.40. The normalized spacial score (nSPS) is 30.1. The summed E-state index contributed by atoms with van der Waals surface area (Å²) in [6.45, 7) is 5.26. The maximum Gasteiger partial charge on any atom is 0.264 e. The first-order valence-corrected chi connectivity index (χ1v) is 8.56. The fraction of sp³-hybridized carbons (Fsp3) is 0.688. The van der Waals surface area contributed by atoms with Crippen LogP contribution in [0.15, 0.2) is 6.07 Å². The number of hydrogen-bond acceptors (Lipinski definition) is 3. The van der Waals surface area contributed by atoms with Crippen LogP contribution in [0.3, 0.4) is 0 Å². The number of rotatable bonds is 1. The van der Waals surface area contributed by atoms with Gasteiger partial charge in [0, 0.05) is 23.2 Å². The number of nitrogens with zero attached hydrogens (tertiary/aromatic N) is 1. The van der Waals surface area contributed by atoms with Gasteiger partial charge >= 0.3 is 0 Å². The number of hydrogen-bond donors (Lipinski definition) is 1. The fourth-order valence-electron chi connectivity index (χ4n) is 3.91. The molecule has 110 valence electrons. The van der Waals surface area contributed by atoms with Gasteiger partial charge in [-0.2, -0.15) is 0 Å². The van der Waals surface area contributed by atoms with Crippen LogP contribution in [0.1, 0.15) is 53.6 Å². The number of piperidine rings is 1. The molecule has 3 nitrogen and oxygen atoms in total. The van der Waals surface area contributed by atoms with Gasteiger partial charge in [-0.15, -0.1) is 11.3 Å². The number of anilines is 1. The Balaban J connectivity index is 1.83. The molecule has 0 radical (unpaired) electrons. The molecule has 1 aliphatic carbocycles. The van der Waals surface area contributed by atoms with E-state index in [1.54, 1.807) is 11.3 Å². The van der Waals surface area contributed by atoms with E-state index < -0.39 is 0 Å². The molecule has 1 aromatic rings. The second-order valence-electron chi connectivity index (χ2n) is 6.40. The van der Waals surface area contributed by atoms with Crippen LogP contribution < -0.4 is 5.73 Å². The summed E-state index contributed by atoms with van der Waals surface area (Å²) in [5.74, 6) is 1.68. The summed E-state index contributed by atoms with van der Waals surface area (Å²) >= 11 is 1.54. The first kappa shape index (κ1) is 13.9. The number of likely N-dealkylation sites (tertiary alicyclic amines) is 1. The Morgan fingerprint density at radius 1 is 1.35 bits per heavy atom. The van der Waals surface area contributed by atoms with Gasteiger partial charge in [-0.25, -0.2) is 0 Å². The monoisotopic (exact) mass is 292 g/mol. The minimum absolute atomic E-state index is 0.207. The van der Waals surface area contributed by atoms with Crippen molar-refractivity contribution in [2.24, 2.45) is 11.8 Å². The quantitative estimate of drug-likeness (QED) is 0.858. The summed E-state index contributed by atoms with van der Waals surface area (Å²) in [7, 11) is 0. The number of amides is 1. The van der Waals surface area contributed by atoms with Gasteiger partial charge in [0.2, 0.25) is 0 Å². The molecule has 2 N–H and O–H groups in total. The summed E-state index contributed by atoms with van der Waals surface area (Å²) in [6, 6.07) is 2.32. The van der Waals surface area contributed by atoms with E-state index in [9.17, 15) is 4.79 Å². The molecule has 2 fully saturated rings. The van der Waals surface area contributed by atoms with Gasteiger partial charge in [0.1, 0.15) is 0 Å². The van der Waals surface area contributed by atoms with Crippen LogP contribution in [0.5, 0.6) is 0 Å². The zero-order chi connectivity index (χ0) is 14.3. The average Bonchev–Trinajstić information content (AvgIpc) is 2.79. The zero-order valence-corrected chi connectivity index (χ0v) is 13.2. The molecule has 0 aromatic carbocycles. The SMILES string of the molecule is Cc1sc(C(=O)N2CCC(C)C3CCCCC32)cc1N. The zero-order valence-electron chi connectivity index (χ0n) is 12.4. The molecule has 3 atom stereocenters. The lowest BCUT2D eigenvalue weighted by atomic mass is 9.72. The lowest BCUT2D eigenvalue weighted by Gasteiger charge is -2.47. The molecule has 0 bridgehead atoms.